The Morgan fingerprint density at radius 3 is 2.55 bits per heavy atom. The van der Waals surface area contributed by atoms with Gasteiger partial charge in [-0.15, -0.1) is 0 Å². The van der Waals surface area contributed by atoms with Crippen LogP contribution in [0.15, 0.2) is 59.6 Å². The van der Waals surface area contributed by atoms with E-state index < -0.39 is 0 Å². The first-order chi connectivity index (χ1) is 15.2. The van der Waals surface area contributed by atoms with E-state index in [0.717, 1.165) is 63.6 Å². The molecule has 0 atom stereocenters. The number of carbonyl (C=O) groups is 1. The van der Waals surface area contributed by atoms with Crippen molar-refractivity contribution in [3.05, 3.63) is 65.7 Å². The normalized spacial score (nSPS) is 17.5. The Labute approximate surface area is 185 Å². The van der Waals surface area contributed by atoms with E-state index in [-0.39, 0.29) is 12.5 Å². The number of likely N-dealkylation sites (tertiary alicyclic amines) is 1. The fourth-order valence-electron chi connectivity index (χ4n) is 4.42. The maximum absolute atomic E-state index is 12.8. The third-order valence-corrected chi connectivity index (χ3v) is 6.08. The summed E-state index contributed by atoms with van der Waals surface area (Å²) < 4.78 is 0. The molecule has 0 bridgehead atoms. The van der Waals surface area contributed by atoms with Crippen molar-refractivity contribution >= 4 is 17.6 Å². The van der Waals surface area contributed by atoms with E-state index in [4.69, 9.17) is 0 Å². The van der Waals surface area contributed by atoms with Gasteiger partial charge >= 0.3 is 0 Å². The average molecular weight is 420 g/mol. The van der Waals surface area contributed by atoms with Gasteiger partial charge in [0.15, 0.2) is 5.96 Å². The monoisotopic (exact) mass is 419 g/mol. The minimum atomic E-state index is 0.0554. The summed E-state index contributed by atoms with van der Waals surface area (Å²) in [6.07, 6.45) is 3.07. The molecule has 164 valence electrons. The zero-order chi connectivity index (χ0) is 21.5. The Hall–Kier alpha value is -2.86. The van der Waals surface area contributed by atoms with Crippen LogP contribution >= 0.6 is 0 Å². The second kappa shape index (κ2) is 10.4. The Balaban J connectivity index is 1.28. The quantitative estimate of drug-likeness (QED) is 0.558. The van der Waals surface area contributed by atoms with Crippen molar-refractivity contribution in [3.63, 3.8) is 0 Å². The SMILES string of the molecule is CCNC(=NCC(=O)N1CCc2ccccc21)NC1CCN(Cc2ccccc2)CC1. The number of anilines is 1. The van der Waals surface area contributed by atoms with Crippen molar-refractivity contribution in [2.45, 2.75) is 38.8 Å². The summed E-state index contributed by atoms with van der Waals surface area (Å²) >= 11 is 0. The highest BCUT2D eigenvalue weighted by Crippen LogP contribution is 2.27. The van der Waals surface area contributed by atoms with Crippen molar-refractivity contribution in [1.82, 2.24) is 15.5 Å². The predicted octanol–water partition coefficient (Wildman–Crippen LogP) is 2.80. The number of piperidine rings is 1. The fraction of sp³-hybridized carbons (Fsp3) is 0.440. The van der Waals surface area contributed by atoms with E-state index >= 15 is 0 Å². The molecule has 0 aromatic heterocycles. The summed E-state index contributed by atoms with van der Waals surface area (Å²) in [6.45, 7) is 6.88. The molecule has 2 aromatic carbocycles. The number of carbonyl (C=O) groups excluding carboxylic acids is 1. The second-order valence-electron chi connectivity index (χ2n) is 8.30. The van der Waals surface area contributed by atoms with Gasteiger partial charge in [-0.05, 0) is 43.4 Å². The van der Waals surface area contributed by atoms with Gasteiger partial charge < -0.3 is 15.5 Å². The van der Waals surface area contributed by atoms with Gasteiger partial charge in [-0.3, -0.25) is 9.69 Å². The van der Waals surface area contributed by atoms with Crippen LogP contribution in [-0.4, -0.2) is 55.5 Å². The van der Waals surface area contributed by atoms with Gasteiger partial charge in [-0.25, -0.2) is 4.99 Å². The second-order valence-corrected chi connectivity index (χ2v) is 8.30. The molecule has 2 aliphatic heterocycles. The van der Waals surface area contributed by atoms with Gasteiger partial charge in [0.1, 0.15) is 6.54 Å². The summed E-state index contributed by atoms with van der Waals surface area (Å²) in [5.41, 5.74) is 3.64. The van der Waals surface area contributed by atoms with Crippen molar-refractivity contribution in [1.29, 1.82) is 0 Å². The van der Waals surface area contributed by atoms with E-state index in [1.807, 2.05) is 23.1 Å². The molecule has 4 rings (SSSR count). The summed E-state index contributed by atoms with van der Waals surface area (Å²) in [7, 11) is 0. The number of guanidine groups is 1. The van der Waals surface area contributed by atoms with Crippen LogP contribution < -0.4 is 15.5 Å². The van der Waals surface area contributed by atoms with Crippen LogP contribution in [0.1, 0.15) is 30.9 Å². The molecule has 1 amide bonds. The number of hydrogen-bond acceptors (Lipinski definition) is 3. The molecule has 31 heavy (non-hydrogen) atoms. The number of fused-ring (bicyclic) bond motifs is 1. The van der Waals surface area contributed by atoms with Crippen LogP contribution in [0.3, 0.4) is 0 Å². The first kappa shape index (κ1) is 21.4. The van der Waals surface area contributed by atoms with Gasteiger partial charge in [0.2, 0.25) is 5.91 Å². The minimum absolute atomic E-state index is 0.0554. The molecule has 1 fully saturated rings. The topological polar surface area (TPSA) is 60.0 Å². The first-order valence-electron chi connectivity index (χ1n) is 11.4. The van der Waals surface area contributed by atoms with Crippen LogP contribution in [0.5, 0.6) is 0 Å². The molecule has 0 unspecified atom stereocenters. The summed E-state index contributed by atoms with van der Waals surface area (Å²) in [5, 5.41) is 6.85. The first-order valence-corrected chi connectivity index (χ1v) is 11.4. The van der Waals surface area contributed by atoms with Crippen LogP contribution in [0.25, 0.3) is 0 Å². The zero-order valence-electron chi connectivity index (χ0n) is 18.4. The van der Waals surface area contributed by atoms with Gasteiger partial charge in [0.05, 0.1) is 0 Å². The van der Waals surface area contributed by atoms with Gasteiger partial charge in [0, 0.05) is 44.5 Å². The number of nitrogens with zero attached hydrogens (tertiary/aromatic N) is 3. The maximum atomic E-state index is 12.8. The third kappa shape index (κ3) is 5.64. The summed E-state index contributed by atoms with van der Waals surface area (Å²) in [4.78, 5) is 21.8. The number of nitrogens with one attached hydrogen (secondary N) is 2. The number of rotatable bonds is 6. The van der Waals surface area contributed by atoms with E-state index in [1.165, 1.54) is 11.1 Å². The number of para-hydroxylation sites is 1. The lowest BCUT2D eigenvalue weighted by Gasteiger charge is -2.33. The van der Waals surface area contributed by atoms with E-state index in [1.54, 1.807) is 0 Å². The van der Waals surface area contributed by atoms with E-state index in [2.05, 4.69) is 63.8 Å². The fourth-order valence-corrected chi connectivity index (χ4v) is 4.42. The molecule has 0 radical (unpaired) electrons. The van der Waals surface area contributed by atoms with E-state index in [9.17, 15) is 4.79 Å². The Bertz CT molecular complexity index is 890. The number of benzene rings is 2. The van der Waals surface area contributed by atoms with Gasteiger partial charge in [-0.1, -0.05) is 48.5 Å². The lowest BCUT2D eigenvalue weighted by atomic mass is 10.0. The van der Waals surface area contributed by atoms with Crippen molar-refractivity contribution in [2.24, 2.45) is 4.99 Å². The van der Waals surface area contributed by atoms with E-state index in [0.29, 0.717) is 6.04 Å². The maximum Gasteiger partial charge on any atom is 0.248 e. The molecule has 2 heterocycles. The van der Waals surface area contributed by atoms with Crippen LogP contribution in [0.4, 0.5) is 5.69 Å². The molecule has 2 N–H and O–H groups in total. The van der Waals surface area contributed by atoms with Gasteiger partial charge in [0.25, 0.3) is 0 Å². The summed E-state index contributed by atoms with van der Waals surface area (Å²) in [6, 6.07) is 19.2. The van der Waals surface area contributed by atoms with Crippen LogP contribution in [0, 0.1) is 0 Å². The Kier molecular flexibility index (Phi) is 7.20. The molecule has 0 saturated carbocycles. The summed E-state index contributed by atoms with van der Waals surface area (Å²) in [5.74, 6) is 0.796. The minimum Gasteiger partial charge on any atom is -0.357 e. The highest BCUT2D eigenvalue weighted by molar-refractivity contribution is 5.98. The number of hydrogen-bond donors (Lipinski definition) is 2. The van der Waals surface area contributed by atoms with Crippen molar-refractivity contribution in [2.75, 3.05) is 37.6 Å². The lowest BCUT2D eigenvalue weighted by Crippen LogP contribution is -2.48. The standard InChI is InChI=1S/C25H33N5O/c1-2-26-25(27-18-24(31)30-17-12-21-10-6-7-11-23(21)30)28-22-13-15-29(16-14-22)19-20-8-4-3-5-9-20/h3-11,22H,2,12-19H2,1H3,(H2,26,27,28). The molecular weight excluding hydrogens is 386 g/mol. The molecule has 1 saturated heterocycles. The largest absolute Gasteiger partial charge is 0.357 e. The molecule has 0 aliphatic carbocycles. The van der Waals surface area contributed by atoms with Crippen molar-refractivity contribution in [3.8, 4) is 0 Å². The van der Waals surface area contributed by atoms with Crippen LogP contribution in [-0.2, 0) is 17.8 Å². The van der Waals surface area contributed by atoms with Crippen LogP contribution in [0.2, 0.25) is 0 Å². The average Bonchev–Trinajstić information content (AvgIpc) is 3.24. The Morgan fingerprint density at radius 1 is 1.03 bits per heavy atom. The molecule has 2 aromatic rings. The molecule has 2 aliphatic rings. The molecule has 6 nitrogen and oxygen atoms in total. The molecule has 0 spiro atoms. The zero-order valence-corrected chi connectivity index (χ0v) is 18.4. The van der Waals surface area contributed by atoms with Crippen molar-refractivity contribution < 1.29 is 4.79 Å². The smallest absolute Gasteiger partial charge is 0.248 e. The highest BCUT2D eigenvalue weighted by atomic mass is 16.2. The lowest BCUT2D eigenvalue weighted by molar-refractivity contribution is -0.117. The predicted molar refractivity (Wildman–Crippen MR) is 126 cm³/mol. The molecule has 6 heteroatoms. The highest BCUT2D eigenvalue weighted by Gasteiger charge is 2.24. The number of amides is 1. The Morgan fingerprint density at radius 2 is 1.77 bits per heavy atom. The van der Waals surface area contributed by atoms with Gasteiger partial charge in [-0.2, -0.15) is 0 Å². The number of aliphatic imine (C=N–C) groups is 1. The molecular formula is C25H33N5O. The third-order valence-electron chi connectivity index (χ3n) is 6.08.